The van der Waals surface area contributed by atoms with Crippen molar-refractivity contribution < 1.29 is 0 Å². The second-order valence-corrected chi connectivity index (χ2v) is 6.41. The molecule has 1 aliphatic heterocycles. The van der Waals surface area contributed by atoms with Crippen molar-refractivity contribution in [3.63, 3.8) is 0 Å². The molecule has 1 atom stereocenters. The normalized spacial score (nSPS) is 24.7. The fraction of sp³-hybridized carbons (Fsp3) is 0.938. The number of aliphatic imine (C=N–C) groups is 1. The topological polar surface area (TPSA) is 39.7 Å². The van der Waals surface area contributed by atoms with Gasteiger partial charge in [0.05, 0.1) is 0 Å². The van der Waals surface area contributed by atoms with E-state index in [-0.39, 0.29) is 0 Å². The molecular weight excluding hydrogens is 248 g/mol. The number of hydrogen-bond acceptors (Lipinski definition) is 2. The van der Waals surface area contributed by atoms with Gasteiger partial charge in [0.1, 0.15) is 0 Å². The molecule has 0 aromatic rings. The van der Waals surface area contributed by atoms with Crippen molar-refractivity contribution >= 4 is 5.96 Å². The van der Waals surface area contributed by atoms with Gasteiger partial charge in [0.15, 0.2) is 5.96 Å². The van der Waals surface area contributed by atoms with Gasteiger partial charge in [-0.25, -0.2) is 0 Å². The van der Waals surface area contributed by atoms with Gasteiger partial charge >= 0.3 is 0 Å². The van der Waals surface area contributed by atoms with E-state index in [4.69, 9.17) is 0 Å². The second-order valence-electron chi connectivity index (χ2n) is 6.41. The van der Waals surface area contributed by atoms with Crippen molar-refractivity contribution in [3.8, 4) is 0 Å². The lowest BCUT2D eigenvalue weighted by Gasteiger charge is -2.33. The largest absolute Gasteiger partial charge is 0.356 e. The predicted octanol–water partition coefficient (Wildman–Crippen LogP) is 2.22. The highest BCUT2D eigenvalue weighted by Crippen LogP contribution is 2.27. The van der Waals surface area contributed by atoms with Gasteiger partial charge in [-0.05, 0) is 64.5 Å². The molecule has 0 radical (unpaired) electrons. The predicted molar refractivity (Wildman–Crippen MR) is 86.2 cm³/mol. The van der Waals surface area contributed by atoms with Crippen LogP contribution in [0.4, 0.5) is 0 Å². The Hall–Kier alpha value is -0.770. The minimum Gasteiger partial charge on any atom is -0.356 e. The average Bonchev–Trinajstić information content (AvgIpc) is 3.28. The third-order valence-electron chi connectivity index (χ3n) is 4.58. The maximum atomic E-state index is 4.27. The van der Waals surface area contributed by atoms with E-state index in [1.807, 2.05) is 7.05 Å². The molecule has 1 heterocycles. The molecule has 1 aliphatic carbocycles. The molecular formula is C16H32N4. The number of nitrogens with one attached hydrogen (secondary N) is 2. The highest BCUT2D eigenvalue weighted by atomic mass is 15.2. The van der Waals surface area contributed by atoms with Crippen LogP contribution < -0.4 is 10.6 Å². The lowest BCUT2D eigenvalue weighted by atomic mass is 10.0. The van der Waals surface area contributed by atoms with Crippen molar-refractivity contribution in [2.45, 2.75) is 57.9 Å². The molecule has 0 aromatic heterocycles. The highest BCUT2D eigenvalue weighted by molar-refractivity contribution is 5.79. The van der Waals surface area contributed by atoms with E-state index in [2.05, 4.69) is 27.4 Å². The molecule has 2 fully saturated rings. The van der Waals surface area contributed by atoms with E-state index in [1.54, 1.807) is 0 Å². The standard InChI is InChI=1S/C16H32N4/c1-14-7-3-5-11-20(14)12-6-4-10-18-16(17-2)19-13-15-8-9-15/h14-15H,3-13H2,1-2H3,(H2,17,18,19). The number of rotatable bonds is 7. The molecule has 1 unspecified atom stereocenters. The molecule has 0 amide bonds. The minimum atomic E-state index is 0.796. The van der Waals surface area contributed by atoms with E-state index in [0.29, 0.717) is 0 Å². The molecule has 20 heavy (non-hydrogen) atoms. The van der Waals surface area contributed by atoms with Gasteiger partial charge in [0.2, 0.25) is 0 Å². The molecule has 116 valence electrons. The zero-order valence-electron chi connectivity index (χ0n) is 13.3. The maximum Gasteiger partial charge on any atom is 0.190 e. The van der Waals surface area contributed by atoms with E-state index < -0.39 is 0 Å². The van der Waals surface area contributed by atoms with Gasteiger partial charge in [0.25, 0.3) is 0 Å². The fourth-order valence-electron chi connectivity index (χ4n) is 2.92. The van der Waals surface area contributed by atoms with Crippen LogP contribution in [-0.4, -0.2) is 50.1 Å². The molecule has 0 spiro atoms. The smallest absolute Gasteiger partial charge is 0.190 e. The quantitative estimate of drug-likeness (QED) is 0.427. The summed E-state index contributed by atoms with van der Waals surface area (Å²) in [5.41, 5.74) is 0. The Labute approximate surface area is 124 Å². The average molecular weight is 280 g/mol. The van der Waals surface area contributed by atoms with Crippen molar-refractivity contribution in [3.05, 3.63) is 0 Å². The van der Waals surface area contributed by atoms with Gasteiger partial charge in [0, 0.05) is 26.2 Å². The Bertz CT molecular complexity index is 299. The number of nitrogens with zero attached hydrogens (tertiary/aromatic N) is 2. The third kappa shape index (κ3) is 5.70. The van der Waals surface area contributed by atoms with Gasteiger partial charge < -0.3 is 15.5 Å². The van der Waals surface area contributed by atoms with Crippen LogP contribution in [0.3, 0.4) is 0 Å². The van der Waals surface area contributed by atoms with Gasteiger partial charge in [-0.1, -0.05) is 6.42 Å². The summed E-state index contributed by atoms with van der Waals surface area (Å²) in [6.07, 6.45) is 9.48. The summed E-state index contributed by atoms with van der Waals surface area (Å²) in [6.45, 7) is 7.06. The van der Waals surface area contributed by atoms with Crippen LogP contribution in [0.2, 0.25) is 0 Å². The zero-order valence-corrected chi connectivity index (χ0v) is 13.3. The Morgan fingerprint density at radius 2 is 2.00 bits per heavy atom. The van der Waals surface area contributed by atoms with E-state index in [1.165, 1.54) is 58.0 Å². The first-order valence-corrected chi connectivity index (χ1v) is 8.48. The van der Waals surface area contributed by atoms with Crippen LogP contribution in [0.1, 0.15) is 51.9 Å². The first-order valence-electron chi connectivity index (χ1n) is 8.48. The molecule has 0 aromatic carbocycles. The Morgan fingerprint density at radius 1 is 1.15 bits per heavy atom. The van der Waals surface area contributed by atoms with Crippen molar-refractivity contribution in [1.82, 2.24) is 15.5 Å². The zero-order chi connectivity index (χ0) is 14.2. The van der Waals surface area contributed by atoms with Crippen LogP contribution >= 0.6 is 0 Å². The summed E-state index contributed by atoms with van der Waals surface area (Å²) in [6, 6.07) is 0.796. The first-order chi connectivity index (χ1) is 9.79. The molecule has 4 heteroatoms. The van der Waals surface area contributed by atoms with E-state index in [9.17, 15) is 0 Å². The lowest BCUT2D eigenvalue weighted by Crippen LogP contribution is -2.40. The SMILES string of the molecule is CN=C(NCCCCN1CCCCC1C)NCC1CC1. The molecule has 2 N–H and O–H groups in total. The van der Waals surface area contributed by atoms with E-state index >= 15 is 0 Å². The molecule has 4 nitrogen and oxygen atoms in total. The number of piperidine rings is 1. The third-order valence-corrected chi connectivity index (χ3v) is 4.58. The maximum absolute atomic E-state index is 4.27. The monoisotopic (exact) mass is 280 g/mol. The van der Waals surface area contributed by atoms with Crippen molar-refractivity contribution in [2.75, 3.05) is 33.2 Å². The van der Waals surface area contributed by atoms with Gasteiger partial charge in [-0.15, -0.1) is 0 Å². The van der Waals surface area contributed by atoms with Gasteiger partial charge in [-0.3, -0.25) is 4.99 Å². The van der Waals surface area contributed by atoms with Crippen molar-refractivity contribution in [1.29, 1.82) is 0 Å². The Balaban J connectivity index is 1.49. The van der Waals surface area contributed by atoms with Crippen LogP contribution in [0, 0.1) is 5.92 Å². The number of hydrogen-bond donors (Lipinski definition) is 2. The van der Waals surface area contributed by atoms with Crippen LogP contribution in [-0.2, 0) is 0 Å². The highest BCUT2D eigenvalue weighted by Gasteiger charge is 2.21. The summed E-state index contributed by atoms with van der Waals surface area (Å²) in [5.74, 6) is 1.87. The van der Waals surface area contributed by atoms with Crippen LogP contribution in [0.5, 0.6) is 0 Å². The van der Waals surface area contributed by atoms with Crippen molar-refractivity contribution in [2.24, 2.45) is 10.9 Å². The summed E-state index contributed by atoms with van der Waals surface area (Å²) in [4.78, 5) is 6.93. The lowest BCUT2D eigenvalue weighted by molar-refractivity contribution is 0.158. The van der Waals surface area contributed by atoms with Crippen LogP contribution in [0.25, 0.3) is 0 Å². The molecule has 2 aliphatic rings. The molecule has 2 rings (SSSR count). The number of likely N-dealkylation sites (tertiary alicyclic amines) is 1. The summed E-state index contributed by atoms with van der Waals surface area (Å²) < 4.78 is 0. The molecule has 1 saturated heterocycles. The molecule has 1 saturated carbocycles. The summed E-state index contributed by atoms with van der Waals surface area (Å²) >= 11 is 0. The Kier molecular flexibility index (Phi) is 6.64. The molecule has 0 bridgehead atoms. The van der Waals surface area contributed by atoms with E-state index in [0.717, 1.165) is 31.0 Å². The van der Waals surface area contributed by atoms with Crippen LogP contribution in [0.15, 0.2) is 4.99 Å². The fourth-order valence-corrected chi connectivity index (χ4v) is 2.92. The summed E-state index contributed by atoms with van der Waals surface area (Å²) in [5, 5.41) is 6.83. The number of unbranched alkanes of at least 4 members (excludes halogenated alkanes) is 1. The Morgan fingerprint density at radius 3 is 2.70 bits per heavy atom. The minimum absolute atomic E-state index is 0.796. The second kappa shape index (κ2) is 8.50. The number of guanidine groups is 1. The first kappa shape index (κ1) is 15.6. The summed E-state index contributed by atoms with van der Waals surface area (Å²) in [7, 11) is 1.86. The van der Waals surface area contributed by atoms with Gasteiger partial charge in [-0.2, -0.15) is 0 Å².